The maximum Gasteiger partial charge on any atom is 0.312 e. The first kappa shape index (κ1) is 74.8. The van der Waals surface area contributed by atoms with Gasteiger partial charge in [-0.1, -0.05) is 114 Å². The monoisotopic (exact) mass is 1220 g/mol. The minimum Gasteiger partial charge on any atom is -0.461 e. The highest BCUT2D eigenvalue weighted by molar-refractivity contribution is 6.00. The van der Waals surface area contributed by atoms with Gasteiger partial charge in [0.1, 0.15) is 26.4 Å². The standard InChI is InChI=1S/C70H100N6O12/c1-47(71-39-55-24-19-22-53(34-55)37-67(7,8)9)28-61(77)83-43-59(45-85-63(79)32-51(5)75-69(13,14)15)87-65(81)30-49(3)73-41-57-26-21-27-58(36-57)42-74-50(4)31-66(82)88-60(46-86-64(80)33-52(6)76-70(16,17)18)44-84-62(78)29-48(2)72-40-56-25-20-23-54(35-56)38-68(10,11)12/h19-27,34-36,59-60H,28-33,37-46H2,1-18H3. The smallest absolute Gasteiger partial charge is 0.312 e. The predicted octanol–water partition coefficient (Wildman–Crippen LogP) is 13.0. The van der Waals surface area contributed by atoms with Gasteiger partial charge in [0.15, 0.2) is 12.2 Å². The molecule has 2 unspecified atom stereocenters. The molecule has 0 heterocycles. The van der Waals surface area contributed by atoms with Gasteiger partial charge in [0.2, 0.25) is 0 Å². The molecule has 3 rings (SSSR count). The van der Waals surface area contributed by atoms with Crippen LogP contribution < -0.4 is 0 Å². The Morgan fingerprint density at radius 1 is 0.341 bits per heavy atom. The third-order valence-corrected chi connectivity index (χ3v) is 12.3. The molecule has 0 bridgehead atoms. The van der Waals surface area contributed by atoms with E-state index in [0.29, 0.717) is 47.4 Å². The summed E-state index contributed by atoms with van der Waals surface area (Å²) in [4.78, 5) is 106. The number of carbonyl (C=O) groups excluding carboxylic acids is 6. The highest BCUT2D eigenvalue weighted by Gasteiger charge is 2.24. The molecule has 0 fully saturated rings. The summed E-state index contributed by atoms with van der Waals surface area (Å²) in [6.07, 6.45) is -0.998. The first-order chi connectivity index (χ1) is 40.9. The molecule has 88 heavy (non-hydrogen) atoms. The van der Waals surface area contributed by atoms with Gasteiger partial charge in [0.05, 0.1) is 75.8 Å². The summed E-state index contributed by atoms with van der Waals surface area (Å²) in [7, 11) is 0. The van der Waals surface area contributed by atoms with Gasteiger partial charge in [-0.15, -0.1) is 0 Å². The number of nitrogens with zero attached hydrogens (tertiary/aromatic N) is 6. The van der Waals surface area contributed by atoms with E-state index in [-0.39, 0.29) is 99.9 Å². The fourth-order valence-electron chi connectivity index (χ4n) is 8.97. The Labute approximate surface area is 524 Å². The number of ether oxygens (including phenoxy) is 6. The molecule has 0 amide bonds. The van der Waals surface area contributed by atoms with Gasteiger partial charge in [-0.25, -0.2) is 0 Å². The molecule has 0 spiro atoms. The Kier molecular flexibility index (Phi) is 30.7. The molecule has 18 nitrogen and oxygen atoms in total. The van der Waals surface area contributed by atoms with E-state index in [9.17, 15) is 28.8 Å². The summed E-state index contributed by atoms with van der Waals surface area (Å²) >= 11 is 0. The normalized spacial score (nSPS) is 14.0. The van der Waals surface area contributed by atoms with Crippen molar-refractivity contribution < 1.29 is 57.2 Å². The molecule has 2 atom stereocenters. The zero-order valence-corrected chi connectivity index (χ0v) is 56.0. The predicted molar refractivity (Wildman–Crippen MR) is 350 cm³/mol. The topological polar surface area (TPSA) is 232 Å². The van der Waals surface area contributed by atoms with Gasteiger partial charge in [0, 0.05) is 34.3 Å². The highest BCUT2D eigenvalue weighted by atomic mass is 16.6. The lowest BCUT2D eigenvalue weighted by atomic mass is 9.88. The molecule has 0 saturated heterocycles. The SMILES string of the molecule is CC(CC(=O)OCC(COC(=O)CC(C)=NC(C)(C)C)OC(=O)CC(C)=NCc1cccc(CN=C(C)CC(=O)OC(COC(=O)CC(C)=NCc2cccc(CC(C)(C)C)c2)COC(=O)CC(C)=NC(C)(C)C)c1)=NCc1cccc(CC(C)(C)C)c1. The largest absolute Gasteiger partial charge is 0.461 e. The fourth-order valence-corrected chi connectivity index (χ4v) is 8.97. The third kappa shape index (κ3) is 36.0. The van der Waals surface area contributed by atoms with Gasteiger partial charge in [-0.05, 0) is 140 Å². The first-order valence-electron chi connectivity index (χ1n) is 30.3. The zero-order valence-electron chi connectivity index (χ0n) is 56.0. The lowest BCUT2D eigenvalue weighted by Gasteiger charge is -2.19. The van der Waals surface area contributed by atoms with Crippen LogP contribution in [0.3, 0.4) is 0 Å². The Morgan fingerprint density at radius 2 is 0.568 bits per heavy atom. The van der Waals surface area contributed by atoms with Gasteiger partial charge < -0.3 is 28.4 Å². The Balaban J connectivity index is 1.62. The number of benzene rings is 3. The Morgan fingerprint density at radius 3 is 0.818 bits per heavy atom. The van der Waals surface area contributed by atoms with E-state index >= 15 is 0 Å². The molecular formula is C70H100N6O12. The minimum absolute atomic E-state index is 0.0641. The van der Waals surface area contributed by atoms with E-state index < -0.39 is 48.0 Å². The van der Waals surface area contributed by atoms with Crippen LogP contribution in [0.1, 0.15) is 197 Å². The summed E-state index contributed by atoms with van der Waals surface area (Å²) < 4.78 is 33.5. The molecule has 482 valence electrons. The number of hydrogen-bond donors (Lipinski definition) is 0. The molecule has 0 radical (unpaired) electrons. The zero-order chi connectivity index (χ0) is 65.8. The van der Waals surface area contributed by atoms with Crippen molar-refractivity contribution >= 4 is 70.1 Å². The molecule has 0 aliphatic carbocycles. The van der Waals surface area contributed by atoms with Crippen molar-refractivity contribution in [1.29, 1.82) is 0 Å². The van der Waals surface area contributed by atoms with Gasteiger partial charge in [-0.2, -0.15) is 0 Å². The van der Waals surface area contributed by atoms with Gasteiger partial charge >= 0.3 is 35.8 Å². The summed E-state index contributed by atoms with van der Waals surface area (Å²) in [5.74, 6) is -3.60. The van der Waals surface area contributed by atoms with E-state index in [1.807, 2.05) is 90.1 Å². The Bertz CT molecular complexity index is 2820. The van der Waals surface area contributed by atoms with Gasteiger partial charge in [-0.3, -0.25) is 58.7 Å². The summed E-state index contributed by atoms with van der Waals surface area (Å²) in [6.45, 7) is 34.9. The second-order valence-electron chi connectivity index (χ2n) is 27.2. The van der Waals surface area contributed by atoms with Crippen molar-refractivity contribution in [3.8, 4) is 0 Å². The van der Waals surface area contributed by atoms with Crippen LogP contribution >= 0.6 is 0 Å². The van der Waals surface area contributed by atoms with E-state index in [4.69, 9.17) is 28.4 Å². The van der Waals surface area contributed by atoms with Crippen molar-refractivity contribution in [3.05, 3.63) is 106 Å². The molecular weight excluding hydrogens is 1120 g/mol. The average molecular weight is 1220 g/mol. The van der Waals surface area contributed by atoms with Crippen molar-refractivity contribution in [2.75, 3.05) is 26.4 Å². The third-order valence-electron chi connectivity index (χ3n) is 12.3. The van der Waals surface area contributed by atoms with Crippen LogP contribution in [-0.2, 0) is 96.2 Å². The quantitative estimate of drug-likeness (QED) is 0.0323. The van der Waals surface area contributed by atoms with Gasteiger partial charge in [0.25, 0.3) is 0 Å². The second kappa shape index (κ2) is 36.1. The van der Waals surface area contributed by atoms with E-state index in [1.54, 1.807) is 41.5 Å². The molecule has 0 aliphatic heterocycles. The number of aliphatic imine (C=N–C) groups is 6. The average Bonchev–Trinajstić information content (AvgIpc) is 3.54. The van der Waals surface area contributed by atoms with Crippen molar-refractivity contribution in [2.24, 2.45) is 40.8 Å². The number of carbonyl (C=O) groups is 6. The lowest BCUT2D eigenvalue weighted by Crippen LogP contribution is -2.32. The number of esters is 6. The van der Waals surface area contributed by atoms with Crippen LogP contribution in [0.4, 0.5) is 0 Å². The van der Waals surface area contributed by atoms with Crippen molar-refractivity contribution in [3.63, 3.8) is 0 Å². The van der Waals surface area contributed by atoms with Crippen LogP contribution in [0.2, 0.25) is 0 Å². The highest BCUT2D eigenvalue weighted by Crippen LogP contribution is 2.23. The summed E-state index contributed by atoms with van der Waals surface area (Å²) in [6, 6.07) is 24.0. The number of hydrogen-bond acceptors (Lipinski definition) is 18. The van der Waals surface area contributed by atoms with E-state index in [1.165, 1.54) is 11.1 Å². The van der Waals surface area contributed by atoms with Crippen LogP contribution in [0.5, 0.6) is 0 Å². The number of rotatable bonds is 32. The molecule has 0 aromatic heterocycles. The van der Waals surface area contributed by atoms with Crippen molar-refractivity contribution in [1.82, 2.24) is 0 Å². The second-order valence-corrected chi connectivity index (χ2v) is 27.2. The molecule has 0 N–H and O–H groups in total. The minimum atomic E-state index is -1.10. The van der Waals surface area contributed by atoms with Crippen LogP contribution in [-0.4, -0.2) is 120 Å². The molecule has 3 aromatic carbocycles. The first-order valence-corrected chi connectivity index (χ1v) is 30.3. The van der Waals surface area contributed by atoms with Crippen LogP contribution in [0.15, 0.2) is 103 Å². The van der Waals surface area contributed by atoms with E-state index in [0.717, 1.165) is 35.1 Å². The summed E-state index contributed by atoms with van der Waals surface area (Å²) in [5, 5.41) is 0. The molecule has 0 aliphatic rings. The molecule has 3 aromatic rings. The fraction of sp³-hybridized carbons (Fsp3) is 0.571. The van der Waals surface area contributed by atoms with Crippen molar-refractivity contribution in [2.45, 2.75) is 225 Å². The lowest BCUT2D eigenvalue weighted by molar-refractivity contribution is -0.165. The van der Waals surface area contributed by atoms with E-state index in [2.05, 4.69) is 95.8 Å². The molecule has 0 saturated carbocycles. The molecule has 18 heteroatoms. The van der Waals surface area contributed by atoms with Crippen LogP contribution in [0, 0.1) is 10.8 Å². The Hall–Kier alpha value is -7.50. The summed E-state index contributed by atoms with van der Waals surface area (Å²) in [5.41, 5.74) is 8.93. The maximum atomic E-state index is 13.3. The van der Waals surface area contributed by atoms with Crippen LogP contribution in [0.25, 0.3) is 0 Å². The maximum absolute atomic E-state index is 13.3.